The molecule has 15 heavy (non-hydrogen) atoms. The van der Waals surface area contributed by atoms with Crippen LogP contribution in [0.1, 0.15) is 29.8 Å². The van der Waals surface area contributed by atoms with Gasteiger partial charge in [0.15, 0.2) is 0 Å². The zero-order valence-electron chi connectivity index (χ0n) is 8.74. The molecule has 2 rings (SSSR count). The minimum atomic E-state index is -0.930. The third kappa shape index (κ3) is 1.92. The van der Waals surface area contributed by atoms with E-state index in [1.54, 1.807) is 26.0 Å². The van der Waals surface area contributed by atoms with E-state index >= 15 is 0 Å². The molecule has 1 aromatic rings. The van der Waals surface area contributed by atoms with E-state index in [0.29, 0.717) is 11.3 Å². The summed E-state index contributed by atoms with van der Waals surface area (Å²) in [7, 11) is 0. The number of aliphatic hydroxyl groups is 1. The highest BCUT2D eigenvalue weighted by Crippen LogP contribution is 2.25. The maximum Gasteiger partial charge on any atom is 0.256 e. The topological polar surface area (TPSA) is 49.3 Å². The highest BCUT2D eigenvalue weighted by molar-refractivity contribution is 6.09. The molecule has 0 radical (unpaired) electrons. The fourth-order valence-electron chi connectivity index (χ4n) is 1.64. The molecule has 3 nitrogen and oxygen atoms in total. The summed E-state index contributed by atoms with van der Waals surface area (Å²) in [6.07, 6.45) is 1.65. The predicted molar refractivity (Wildman–Crippen MR) is 58.2 cm³/mol. The Labute approximate surface area is 88.4 Å². The van der Waals surface area contributed by atoms with Crippen LogP contribution in [-0.4, -0.2) is 16.6 Å². The van der Waals surface area contributed by atoms with Gasteiger partial charge in [-0.1, -0.05) is 18.2 Å². The Morgan fingerprint density at radius 1 is 1.27 bits per heavy atom. The van der Waals surface area contributed by atoms with Gasteiger partial charge in [-0.3, -0.25) is 4.79 Å². The fraction of sp³-hybridized carbons (Fsp3) is 0.250. The molecule has 78 valence electrons. The van der Waals surface area contributed by atoms with Crippen LogP contribution in [0.2, 0.25) is 0 Å². The first-order valence-electron chi connectivity index (χ1n) is 4.83. The van der Waals surface area contributed by atoms with Crippen LogP contribution < -0.4 is 5.32 Å². The van der Waals surface area contributed by atoms with Crippen LogP contribution in [0.15, 0.2) is 30.3 Å². The van der Waals surface area contributed by atoms with E-state index < -0.39 is 5.60 Å². The van der Waals surface area contributed by atoms with Gasteiger partial charge in [0.05, 0.1) is 5.60 Å². The molecule has 0 aliphatic carbocycles. The molecule has 1 aliphatic heterocycles. The largest absolute Gasteiger partial charge is 0.386 e. The summed E-state index contributed by atoms with van der Waals surface area (Å²) in [6.45, 7) is 3.35. The second-order valence-corrected chi connectivity index (χ2v) is 4.21. The van der Waals surface area contributed by atoms with Crippen molar-refractivity contribution < 1.29 is 9.90 Å². The standard InChI is InChI=1S/C12H13NO2/c1-12(2,15)7-10-8-5-3-4-6-9(8)11(14)13-10/h3-7,15H,1-2H3,(H,13,14)/b10-7-. The highest BCUT2D eigenvalue weighted by Gasteiger charge is 2.24. The summed E-state index contributed by atoms with van der Waals surface area (Å²) < 4.78 is 0. The van der Waals surface area contributed by atoms with Crippen molar-refractivity contribution in [3.05, 3.63) is 41.5 Å². The van der Waals surface area contributed by atoms with Crippen LogP contribution >= 0.6 is 0 Å². The summed E-state index contributed by atoms with van der Waals surface area (Å²) in [5, 5.41) is 12.4. The van der Waals surface area contributed by atoms with E-state index in [1.165, 1.54) is 0 Å². The fourth-order valence-corrected chi connectivity index (χ4v) is 1.64. The first kappa shape index (κ1) is 9.93. The van der Waals surface area contributed by atoms with Gasteiger partial charge in [-0.2, -0.15) is 0 Å². The molecule has 1 heterocycles. The molecule has 0 fully saturated rings. The van der Waals surface area contributed by atoms with Crippen molar-refractivity contribution >= 4 is 11.6 Å². The van der Waals surface area contributed by atoms with Crippen LogP contribution in [0.25, 0.3) is 5.70 Å². The van der Waals surface area contributed by atoms with Crippen molar-refractivity contribution in [2.24, 2.45) is 0 Å². The van der Waals surface area contributed by atoms with Crippen molar-refractivity contribution in [3.63, 3.8) is 0 Å². The van der Waals surface area contributed by atoms with Crippen LogP contribution in [0, 0.1) is 0 Å². The van der Waals surface area contributed by atoms with E-state index in [9.17, 15) is 9.90 Å². The molecule has 0 saturated carbocycles. The molecule has 1 aliphatic rings. The Morgan fingerprint density at radius 3 is 2.47 bits per heavy atom. The Bertz CT molecular complexity index is 441. The zero-order chi connectivity index (χ0) is 11.1. The van der Waals surface area contributed by atoms with Gasteiger partial charge >= 0.3 is 0 Å². The number of fused-ring (bicyclic) bond motifs is 1. The molecule has 0 bridgehead atoms. The zero-order valence-corrected chi connectivity index (χ0v) is 8.74. The lowest BCUT2D eigenvalue weighted by molar-refractivity contribution is 0.0980. The molecule has 3 heteroatoms. The van der Waals surface area contributed by atoms with Gasteiger partial charge in [0.25, 0.3) is 5.91 Å². The van der Waals surface area contributed by atoms with E-state index in [4.69, 9.17) is 0 Å². The minimum absolute atomic E-state index is 0.110. The lowest BCUT2D eigenvalue weighted by Crippen LogP contribution is -2.19. The summed E-state index contributed by atoms with van der Waals surface area (Å²) in [5.41, 5.74) is 1.26. The van der Waals surface area contributed by atoms with Gasteiger partial charge in [0.2, 0.25) is 0 Å². The quantitative estimate of drug-likeness (QED) is 0.727. The number of hydrogen-bond acceptors (Lipinski definition) is 2. The summed E-state index contributed by atoms with van der Waals surface area (Å²) >= 11 is 0. The van der Waals surface area contributed by atoms with Crippen molar-refractivity contribution in [2.45, 2.75) is 19.4 Å². The van der Waals surface area contributed by atoms with Crippen LogP contribution in [-0.2, 0) is 0 Å². The summed E-state index contributed by atoms with van der Waals surface area (Å²) in [6, 6.07) is 7.34. The highest BCUT2D eigenvalue weighted by atomic mass is 16.3. The van der Waals surface area contributed by atoms with Crippen LogP contribution in [0.4, 0.5) is 0 Å². The lowest BCUT2D eigenvalue weighted by Gasteiger charge is -2.12. The average molecular weight is 203 g/mol. The monoisotopic (exact) mass is 203 g/mol. The number of nitrogens with one attached hydrogen (secondary N) is 1. The Morgan fingerprint density at radius 2 is 1.87 bits per heavy atom. The van der Waals surface area contributed by atoms with Crippen LogP contribution in [0.3, 0.4) is 0 Å². The van der Waals surface area contributed by atoms with Gasteiger partial charge in [0, 0.05) is 16.8 Å². The van der Waals surface area contributed by atoms with Gasteiger partial charge in [-0.15, -0.1) is 0 Å². The van der Waals surface area contributed by atoms with Crippen molar-refractivity contribution in [1.29, 1.82) is 0 Å². The van der Waals surface area contributed by atoms with E-state index in [0.717, 1.165) is 5.56 Å². The molecule has 1 amide bonds. The maximum absolute atomic E-state index is 11.5. The maximum atomic E-state index is 11.5. The molecule has 0 aromatic heterocycles. The molecule has 0 spiro atoms. The first-order chi connectivity index (χ1) is 6.97. The number of hydrogen-bond donors (Lipinski definition) is 2. The normalized spacial score (nSPS) is 17.8. The minimum Gasteiger partial charge on any atom is -0.386 e. The molecular weight excluding hydrogens is 190 g/mol. The molecule has 0 unspecified atom stereocenters. The predicted octanol–water partition coefficient (Wildman–Crippen LogP) is 1.54. The van der Waals surface area contributed by atoms with Crippen molar-refractivity contribution in [2.75, 3.05) is 0 Å². The smallest absolute Gasteiger partial charge is 0.256 e. The molecule has 0 atom stereocenters. The van der Waals surface area contributed by atoms with Gasteiger partial charge in [-0.05, 0) is 26.0 Å². The molecule has 0 saturated heterocycles. The van der Waals surface area contributed by atoms with E-state index in [1.807, 2.05) is 18.2 Å². The van der Waals surface area contributed by atoms with E-state index in [-0.39, 0.29) is 5.91 Å². The van der Waals surface area contributed by atoms with Crippen molar-refractivity contribution in [3.8, 4) is 0 Å². The van der Waals surface area contributed by atoms with Gasteiger partial charge in [0.1, 0.15) is 0 Å². The Hall–Kier alpha value is -1.61. The SMILES string of the molecule is CC(C)(O)/C=C1\NC(=O)c2ccccc21. The number of carbonyl (C=O) groups excluding carboxylic acids is 1. The first-order valence-corrected chi connectivity index (χ1v) is 4.83. The summed E-state index contributed by atoms with van der Waals surface area (Å²) in [5.74, 6) is -0.110. The van der Waals surface area contributed by atoms with Gasteiger partial charge < -0.3 is 10.4 Å². The molecular formula is C12H13NO2. The Balaban J connectivity index is 2.50. The second kappa shape index (κ2) is 3.21. The second-order valence-electron chi connectivity index (χ2n) is 4.21. The third-order valence-corrected chi connectivity index (χ3v) is 2.21. The lowest BCUT2D eigenvalue weighted by atomic mass is 10.0. The number of rotatable bonds is 1. The molecule has 1 aromatic carbocycles. The van der Waals surface area contributed by atoms with Crippen LogP contribution in [0.5, 0.6) is 0 Å². The number of amides is 1. The third-order valence-electron chi connectivity index (χ3n) is 2.21. The number of benzene rings is 1. The van der Waals surface area contributed by atoms with Crippen molar-refractivity contribution in [1.82, 2.24) is 5.32 Å². The van der Waals surface area contributed by atoms with Gasteiger partial charge in [-0.25, -0.2) is 0 Å². The van der Waals surface area contributed by atoms with E-state index in [2.05, 4.69) is 5.32 Å². The number of carbonyl (C=O) groups is 1. The average Bonchev–Trinajstić information content (AvgIpc) is 2.42. The summed E-state index contributed by atoms with van der Waals surface area (Å²) in [4.78, 5) is 11.5. The molecule has 2 N–H and O–H groups in total. The Kier molecular flexibility index (Phi) is 2.12.